The van der Waals surface area contributed by atoms with Crippen molar-refractivity contribution < 1.29 is 4.42 Å². The summed E-state index contributed by atoms with van der Waals surface area (Å²) in [5.41, 5.74) is 0.957. The number of rotatable bonds is 4. The molecule has 0 unspecified atom stereocenters. The molecule has 25 heavy (non-hydrogen) atoms. The second kappa shape index (κ2) is 6.37. The molecule has 7 nitrogen and oxygen atoms in total. The van der Waals surface area contributed by atoms with E-state index in [1.807, 2.05) is 30.3 Å². The zero-order valence-electron chi connectivity index (χ0n) is 12.9. The molecule has 0 N–H and O–H groups in total. The van der Waals surface area contributed by atoms with Gasteiger partial charge in [0, 0.05) is 5.56 Å². The molecule has 0 spiro atoms. The zero-order chi connectivity index (χ0) is 17.2. The van der Waals surface area contributed by atoms with Gasteiger partial charge in [0.25, 0.3) is 0 Å². The van der Waals surface area contributed by atoms with E-state index in [4.69, 9.17) is 16.0 Å². The van der Waals surface area contributed by atoms with Crippen molar-refractivity contribution in [3.63, 3.8) is 0 Å². The number of hydrogen-bond acceptors (Lipinski definition) is 5. The molecule has 0 aliphatic heterocycles. The van der Waals surface area contributed by atoms with Gasteiger partial charge in [-0.1, -0.05) is 54.1 Å². The summed E-state index contributed by atoms with van der Waals surface area (Å²) in [7, 11) is 0. The van der Waals surface area contributed by atoms with Crippen molar-refractivity contribution >= 4 is 11.6 Å². The van der Waals surface area contributed by atoms with E-state index >= 15 is 0 Å². The van der Waals surface area contributed by atoms with Crippen LogP contribution in [0.25, 0.3) is 17.0 Å². The molecule has 0 bridgehead atoms. The lowest BCUT2D eigenvalue weighted by atomic mass is 10.2. The second-order valence-electron chi connectivity index (χ2n) is 5.27. The van der Waals surface area contributed by atoms with Gasteiger partial charge in [-0.2, -0.15) is 9.36 Å². The van der Waals surface area contributed by atoms with Crippen LogP contribution in [-0.4, -0.2) is 24.8 Å². The minimum absolute atomic E-state index is 0.0795. The lowest BCUT2D eigenvalue weighted by Crippen LogP contribution is -2.25. The van der Waals surface area contributed by atoms with Crippen molar-refractivity contribution in [2.45, 2.75) is 6.54 Å². The maximum absolute atomic E-state index is 12.5. The fraction of sp³-hybridized carbons (Fsp3) is 0.0588. The molecular weight excluding hydrogens is 342 g/mol. The Bertz CT molecular complexity index is 1070. The Morgan fingerprint density at radius 1 is 1.00 bits per heavy atom. The summed E-state index contributed by atoms with van der Waals surface area (Å²) in [6.45, 7) is 0.0795. The number of benzene rings is 2. The molecule has 2 heterocycles. The molecule has 2 aromatic carbocycles. The van der Waals surface area contributed by atoms with Gasteiger partial charge in [0.05, 0.1) is 16.9 Å². The molecule has 8 heteroatoms. The van der Waals surface area contributed by atoms with E-state index in [0.717, 1.165) is 10.2 Å². The van der Waals surface area contributed by atoms with Crippen LogP contribution in [0, 0.1) is 0 Å². The van der Waals surface area contributed by atoms with Crippen LogP contribution in [-0.2, 0) is 6.54 Å². The summed E-state index contributed by atoms with van der Waals surface area (Å²) in [5, 5.41) is 8.16. The number of hydrogen-bond donors (Lipinski definition) is 0. The van der Waals surface area contributed by atoms with Crippen LogP contribution in [0.5, 0.6) is 0 Å². The van der Waals surface area contributed by atoms with Crippen molar-refractivity contribution in [1.82, 2.24) is 24.8 Å². The Hall–Kier alpha value is -3.19. The van der Waals surface area contributed by atoms with E-state index in [2.05, 4.69) is 15.4 Å². The minimum Gasteiger partial charge on any atom is -0.439 e. The van der Waals surface area contributed by atoms with Crippen LogP contribution in [0.4, 0.5) is 0 Å². The smallest absolute Gasteiger partial charge is 0.369 e. The predicted octanol–water partition coefficient (Wildman–Crippen LogP) is 2.79. The van der Waals surface area contributed by atoms with Crippen LogP contribution in [0.1, 0.15) is 5.89 Å². The largest absolute Gasteiger partial charge is 0.439 e. The third kappa shape index (κ3) is 2.97. The first-order chi connectivity index (χ1) is 12.2. The van der Waals surface area contributed by atoms with E-state index < -0.39 is 5.69 Å². The van der Waals surface area contributed by atoms with E-state index in [1.165, 1.54) is 4.68 Å². The van der Waals surface area contributed by atoms with E-state index in [0.29, 0.717) is 22.4 Å². The normalized spacial score (nSPS) is 10.9. The average Bonchev–Trinajstić information content (AvgIpc) is 3.25. The second-order valence-corrected chi connectivity index (χ2v) is 5.67. The first-order valence-electron chi connectivity index (χ1n) is 7.50. The highest BCUT2D eigenvalue weighted by Crippen LogP contribution is 2.20. The zero-order valence-corrected chi connectivity index (χ0v) is 13.7. The summed E-state index contributed by atoms with van der Waals surface area (Å²) in [4.78, 5) is 16.7. The summed E-state index contributed by atoms with van der Waals surface area (Å²) >= 11 is 6.10. The first-order valence-corrected chi connectivity index (χ1v) is 7.88. The summed E-state index contributed by atoms with van der Waals surface area (Å²) in [6.07, 6.45) is 1.62. The molecule has 0 atom stereocenters. The SMILES string of the molecule is O=c1n(Cc2ncc(-c3ccccc3)o2)nnn1-c1ccccc1Cl. The number of aromatic nitrogens is 5. The van der Waals surface area contributed by atoms with Gasteiger partial charge in [0.2, 0.25) is 5.89 Å². The topological polar surface area (TPSA) is 78.7 Å². The Kier molecular flexibility index (Phi) is 3.91. The van der Waals surface area contributed by atoms with Crippen molar-refractivity contribution in [3.8, 4) is 17.0 Å². The average molecular weight is 354 g/mol. The van der Waals surface area contributed by atoms with Crippen molar-refractivity contribution in [2.75, 3.05) is 0 Å². The Morgan fingerprint density at radius 2 is 1.76 bits per heavy atom. The molecule has 0 fully saturated rings. The molecule has 0 aliphatic carbocycles. The van der Waals surface area contributed by atoms with Gasteiger partial charge in [0.1, 0.15) is 6.54 Å². The van der Waals surface area contributed by atoms with Gasteiger partial charge in [-0.15, -0.1) is 0 Å². The summed E-state index contributed by atoms with van der Waals surface area (Å²) < 4.78 is 8.01. The number of halogens is 1. The molecule has 0 amide bonds. The maximum Gasteiger partial charge on any atom is 0.369 e. The minimum atomic E-state index is -0.424. The molecular formula is C17H12ClN5O2. The van der Waals surface area contributed by atoms with Crippen LogP contribution >= 0.6 is 11.6 Å². The van der Waals surface area contributed by atoms with Crippen molar-refractivity contribution in [1.29, 1.82) is 0 Å². The van der Waals surface area contributed by atoms with Crippen LogP contribution in [0.3, 0.4) is 0 Å². The molecule has 4 aromatic rings. The quantitative estimate of drug-likeness (QED) is 0.563. The first kappa shape index (κ1) is 15.3. The molecule has 4 rings (SSSR count). The fourth-order valence-electron chi connectivity index (χ4n) is 2.40. The molecule has 0 radical (unpaired) electrons. The van der Waals surface area contributed by atoms with Crippen LogP contribution in [0.2, 0.25) is 5.02 Å². The Balaban J connectivity index is 1.62. The van der Waals surface area contributed by atoms with Crippen molar-refractivity contribution in [2.24, 2.45) is 0 Å². The molecule has 2 aromatic heterocycles. The third-order valence-electron chi connectivity index (χ3n) is 3.62. The number of para-hydroxylation sites is 1. The molecule has 0 saturated heterocycles. The van der Waals surface area contributed by atoms with Gasteiger partial charge in [0.15, 0.2) is 5.76 Å². The lowest BCUT2D eigenvalue weighted by molar-refractivity contribution is 0.464. The molecule has 0 aliphatic rings. The van der Waals surface area contributed by atoms with Gasteiger partial charge < -0.3 is 4.42 Å². The number of nitrogens with zero attached hydrogens (tertiary/aromatic N) is 5. The van der Waals surface area contributed by atoms with Crippen LogP contribution < -0.4 is 5.69 Å². The van der Waals surface area contributed by atoms with Gasteiger partial charge in [-0.25, -0.2) is 9.78 Å². The van der Waals surface area contributed by atoms with Crippen molar-refractivity contribution in [3.05, 3.63) is 82.2 Å². The predicted molar refractivity (Wildman–Crippen MR) is 91.7 cm³/mol. The maximum atomic E-state index is 12.5. The van der Waals surface area contributed by atoms with Gasteiger partial charge in [-0.05, 0) is 22.6 Å². The highest BCUT2D eigenvalue weighted by atomic mass is 35.5. The van der Waals surface area contributed by atoms with E-state index in [9.17, 15) is 4.79 Å². The number of oxazole rings is 1. The highest BCUT2D eigenvalue weighted by Gasteiger charge is 2.14. The Labute approximate surface area is 147 Å². The Morgan fingerprint density at radius 3 is 2.56 bits per heavy atom. The van der Waals surface area contributed by atoms with E-state index in [1.54, 1.807) is 30.5 Å². The summed E-state index contributed by atoms with van der Waals surface area (Å²) in [6, 6.07) is 16.5. The van der Waals surface area contributed by atoms with Gasteiger partial charge in [-0.3, -0.25) is 0 Å². The number of tetrazole rings is 1. The highest BCUT2D eigenvalue weighted by molar-refractivity contribution is 6.32. The monoisotopic (exact) mass is 353 g/mol. The standard InChI is InChI=1S/C17H12ClN5O2/c18-13-8-4-5-9-14(13)23-17(24)22(20-21-23)11-16-19-10-15(25-16)12-6-2-1-3-7-12/h1-10H,11H2. The summed E-state index contributed by atoms with van der Waals surface area (Å²) in [5.74, 6) is 0.995. The van der Waals surface area contributed by atoms with Crippen LogP contribution in [0.15, 0.2) is 70.0 Å². The molecule has 124 valence electrons. The third-order valence-corrected chi connectivity index (χ3v) is 3.94. The van der Waals surface area contributed by atoms with Gasteiger partial charge >= 0.3 is 5.69 Å². The lowest BCUT2D eigenvalue weighted by Gasteiger charge is -2.00. The fourth-order valence-corrected chi connectivity index (χ4v) is 2.61. The molecule has 0 saturated carbocycles. The van der Waals surface area contributed by atoms with E-state index in [-0.39, 0.29) is 6.54 Å².